The van der Waals surface area contributed by atoms with Gasteiger partial charge in [0.1, 0.15) is 11.2 Å². The summed E-state index contributed by atoms with van der Waals surface area (Å²) in [5.74, 6) is -0.120. The van der Waals surface area contributed by atoms with Gasteiger partial charge in [0.25, 0.3) is 5.91 Å². The van der Waals surface area contributed by atoms with Crippen molar-refractivity contribution in [3.05, 3.63) is 75.9 Å². The Balaban J connectivity index is 1.71. The van der Waals surface area contributed by atoms with Gasteiger partial charge in [-0.15, -0.1) is 0 Å². The Hall–Kier alpha value is -2.34. The number of nitrogens with one attached hydrogen (secondary N) is 1. The maximum atomic E-state index is 12.4. The van der Waals surface area contributed by atoms with Gasteiger partial charge in [0.05, 0.1) is 5.56 Å². The number of rotatable bonds is 2. The highest BCUT2D eigenvalue weighted by Gasteiger charge is 2.11. The van der Waals surface area contributed by atoms with Gasteiger partial charge in [-0.3, -0.25) is 4.79 Å². The summed E-state index contributed by atoms with van der Waals surface area (Å²) in [5, 5.41) is 5.06. The minimum Gasteiger partial charge on any atom is -0.456 e. The fourth-order valence-corrected chi connectivity index (χ4v) is 3.28. The summed E-state index contributed by atoms with van der Waals surface area (Å²) in [6.45, 7) is 0. The van der Waals surface area contributed by atoms with Crippen LogP contribution in [0.3, 0.4) is 0 Å². The molecule has 0 atom stereocenters. The third kappa shape index (κ3) is 2.59. The zero-order valence-corrected chi connectivity index (χ0v) is 14.2. The fourth-order valence-electron chi connectivity index (χ4n) is 2.65. The van der Waals surface area contributed by atoms with Crippen LogP contribution in [0, 0.1) is 3.57 Å². The topological polar surface area (TPSA) is 42.2 Å². The van der Waals surface area contributed by atoms with E-state index in [0.29, 0.717) is 5.56 Å². The molecule has 0 aliphatic carbocycles. The van der Waals surface area contributed by atoms with Crippen LogP contribution in [0.25, 0.3) is 21.9 Å². The van der Waals surface area contributed by atoms with E-state index in [1.807, 2.05) is 66.7 Å². The molecule has 3 aromatic carbocycles. The fraction of sp³-hybridized carbons (Fsp3) is 0. The molecule has 4 heteroatoms. The van der Waals surface area contributed by atoms with Gasteiger partial charge in [-0.2, -0.15) is 0 Å². The molecular formula is C19H12INO2. The molecule has 0 fully saturated rings. The minimum absolute atomic E-state index is 0.120. The zero-order valence-electron chi connectivity index (χ0n) is 12.0. The molecule has 1 aromatic heterocycles. The number of carbonyl (C=O) groups is 1. The number of hydrogen-bond donors (Lipinski definition) is 1. The lowest BCUT2D eigenvalue weighted by Gasteiger charge is -2.06. The molecule has 4 rings (SSSR count). The monoisotopic (exact) mass is 413 g/mol. The van der Waals surface area contributed by atoms with E-state index in [1.54, 1.807) is 0 Å². The summed E-state index contributed by atoms with van der Waals surface area (Å²) in [4.78, 5) is 12.4. The molecule has 0 spiro atoms. The second kappa shape index (κ2) is 5.70. The number of para-hydroxylation sites is 1. The minimum atomic E-state index is -0.120. The third-order valence-corrected chi connectivity index (χ3v) is 4.70. The van der Waals surface area contributed by atoms with E-state index < -0.39 is 0 Å². The quantitative estimate of drug-likeness (QED) is 0.445. The zero-order chi connectivity index (χ0) is 15.8. The summed E-state index contributed by atoms with van der Waals surface area (Å²) in [5.41, 5.74) is 3.01. The molecule has 23 heavy (non-hydrogen) atoms. The van der Waals surface area contributed by atoms with Crippen LogP contribution in [-0.4, -0.2) is 5.91 Å². The number of halogens is 1. The molecule has 0 radical (unpaired) electrons. The summed E-state index contributed by atoms with van der Waals surface area (Å²) in [6, 6.07) is 21.2. The molecule has 0 aliphatic rings. The van der Waals surface area contributed by atoms with E-state index in [9.17, 15) is 4.79 Å². The number of anilines is 1. The van der Waals surface area contributed by atoms with E-state index in [0.717, 1.165) is 31.2 Å². The van der Waals surface area contributed by atoms with Gasteiger partial charge in [0.2, 0.25) is 0 Å². The van der Waals surface area contributed by atoms with Crippen molar-refractivity contribution in [1.82, 2.24) is 0 Å². The van der Waals surface area contributed by atoms with Crippen LogP contribution < -0.4 is 5.32 Å². The summed E-state index contributed by atoms with van der Waals surface area (Å²) in [7, 11) is 0. The average Bonchev–Trinajstić information content (AvgIpc) is 2.92. The molecular weight excluding hydrogens is 401 g/mol. The molecule has 0 saturated carbocycles. The standard InChI is InChI=1S/C19H12INO2/c20-16-7-3-1-6-15(16)19(22)21-12-9-10-14-13-5-2-4-8-17(13)23-18(14)11-12/h1-11H,(H,21,22). The van der Waals surface area contributed by atoms with Crippen LogP contribution in [0.15, 0.2) is 71.1 Å². The van der Waals surface area contributed by atoms with Crippen molar-refractivity contribution in [3.63, 3.8) is 0 Å². The van der Waals surface area contributed by atoms with Crippen molar-refractivity contribution < 1.29 is 9.21 Å². The lowest BCUT2D eigenvalue weighted by molar-refractivity contribution is 0.102. The number of furan rings is 1. The van der Waals surface area contributed by atoms with E-state index in [1.165, 1.54) is 0 Å². The first-order chi connectivity index (χ1) is 11.2. The van der Waals surface area contributed by atoms with Gasteiger partial charge in [0.15, 0.2) is 0 Å². The van der Waals surface area contributed by atoms with E-state index >= 15 is 0 Å². The Kier molecular flexibility index (Phi) is 3.53. The maximum absolute atomic E-state index is 12.4. The summed E-state index contributed by atoms with van der Waals surface area (Å²) >= 11 is 2.16. The van der Waals surface area contributed by atoms with Crippen LogP contribution in [0.4, 0.5) is 5.69 Å². The predicted octanol–water partition coefficient (Wildman–Crippen LogP) is 5.44. The van der Waals surface area contributed by atoms with E-state index in [-0.39, 0.29) is 5.91 Å². The van der Waals surface area contributed by atoms with Crippen LogP contribution >= 0.6 is 22.6 Å². The van der Waals surface area contributed by atoms with Crippen LogP contribution in [0.2, 0.25) is 0 Å². The largest absolute Gasteiger partial charge is 0.456 e. The van der Waals surface area contributed by atoms with Gasteiger partial charge in [-0.1, -0.05) is 30.3 Å². The molecule has 0 saturated heterocycles. The molecule has 1 heterocycles. The Morgan fingerprint density at radius 2 is 1.61 bits per heavy atom. The molecule has 1 amide bonds. The Labute approximate surface area is 146 Å². The van der Waals surface area contributed by atoms with E-state index in [4.69, 9.17) is 4.42 Å². The second-order valence-corrected chi connectivity index (χ2v) is 6.41. The van der Waals surface area contributed by atoms with Crippen molar-refractivity contribution in [2.24, 2.45) is 0 Å². The SMILES string of the molecule is O=C(Nc1ccc2c(c1)oc1ccccc12)c1ccccc1I. The molecule has 1 N–H and O–H groups in total. The van der Waals surface area contributed by atoms with Crippen molar-refractivity contribution in [1.29, 1.82) is 0 Å². The second-order valence-electron chi connectivity index (χ2n) is 5.24. The van der Waals surface area contributed by atoms with E-state index in [2.05, 4.69) is 27.9 Å². The van der Waals surface area contributed by atoms with Gasteiger partial charge >= 0.3 is 0 Å². The normalized spacial score (nSPS) is 11.0. The highest BCUT2D eigenvalue weighted by molar-refractivity contribution is 14.1. The first-order valence-electron chi connectivity index (χ1n) is 7.19. The molecule has 4 aromatic rings. The van der Waals surface area contributed by atoms with Gasteiger partial charge in [-0.25, -0.2) is 0 Å². The Morgan fingerprint density at radius 3 is 2.48 bits per heavy atom. The molecule has 3 nitrogen and oxygen atoms in total. The number of fused-ring (bicyclic) bond motifs is 3. The van der Waals surface area contributed by atoms with Crippen LogP contribution in [0.5, 0.6) is 0 Å². The summed E-state index contributed by atoms with van der Waals surface area (Å²) in [6.07, 6.45) is 0. The number of carbonyl (C=O) groups excluding carboxylic acids is 1. The Morgan fingerprint density at radius 1 is 0.870 bits per heavy atom. The maximum Gasteiger partial charge on any atom is 0.256 e. The number of amides is 1. The van der Waals surface area contributed by atoms with Gasteiger partial charge < -0.3 is 9.73 Å². The van der Waals surface area contributed by atoms with Crippen molar-refractivity contribution in [2.45, 2.75) is 0 Å². The van der Waals surface area contributed by atoms with Crippen LogP contribution in [0.1, 0.15) is 10.4 Å². The van der Waals surface area contributed by atoms with Crippen molar-refractivity contribution in [3.8, 4) is 0 Å². The highest BCUT2D eigenvalue weighted by atomic mass is 127. The smallest absolute Gasteiger partial charge is 0.256 e. The molecule has 112 valence electrons. The lowest BCUT2D eigenvalue weighted by Crippen LogP contribution is -2.13. The average molecular weight is 413 g/mol. The lowest BCUT2D eigenvalue weighted by atomic mass is 10.1. The van der Waals surface area contributed by atoms with Crippen LogP contribution in [-0.2, 0) is 0 Å². The molecule has 0 aliphatic heterocycles. The third-order valence-electron chi connectivity index (χ3n) is 3.76. The predicted molar refractivity (Wildman–Crippen MR) is 101 cm³/mol. The Bertz CT molecular complexity index is 1040. The number of benzene rings is 3. The molecule has 0 unspecified atom stereocenters. The van der Waals surface area contributed by atoms with Crippen molar-refractivity contribution >= 4 is 56.1 Å². The number of hydrogen-bond acceptors (Lipinski definition) is 2. The molecule has 0 bridgehead atoms. The first-order valence-corrected chi connectivity index (χ1v) is 8.27. The highest BCUT2D eigenvalue weighted by Crippen LogP contribution is 2.30. The van der Waals surface area contributed by atoms with Gasteiger partial charge in [-0.05, 0) is 52.9 Å². The summed E-state index contributed by atoms with van der Waals surface area (Å²) < 4.78 is 6.77. The van der Waals surface area contributed by atoms with Gasteiger partial charge in [0, 0.05) is 26.1 Å². The first kappa shape index (κ1) is 14.3. The van der Waals surface area contributed by atoms with Crippen molar-refractivity contribution in [2.75, 3.05) is 5.32 Å².